The third-order valence-corrected chi connectivity index (χ3v) is 1.87. The van der Waals surface area contributed by atoms with Gasteiger partial charge in [0.25, 0.3) is 0 Å². The third kappa shape index (κ3) is 9.95. The highest BCUT2D eigenvalue weighted by Crippen LogP contribution is 1.94. The molecule has 0 saturated carbocycles. The van der Waals surface area contributed by atoms with E-state index in [2.05, 4.69) is 26.1 Å². The predicted octanol–water partition coefficient (Wildman–Crippen LogP) is 0.959. The summed E-state index contributed by atoms with van der Waals surface area (Å²) in [6, 6.07) is 0.842. The molecule has 0 rings (SSSR count). The molecular formula is C8H19NO3S. The topological polar surface area (TPSA) is 58.6 Å². The molecule has 0 aliphatic rings. The molecule has 4 nitrogen and oxygen atoms in total. The van der Waals surface area contributed by atoms with Gasteiger partial charge >= 0.3 is 0 Å². The van der Waals surface area contributed by atoms with Crippen LogP contribution in [0.1, 0.15) is 27.2 Å². The lowest BCUT2D eigenvalue weighted by Crippen LogP contribution is -2.33. The molecule has 0 amide bonds. The van der Waals surface area contributed by atoms with Gasteiger partial charge in [-0.15, -0.1) is 0 Å². The monoisotopic (exact) mass is 209 g/mol. The molecule has 2 atom stereocenters. The van der Waals surface area contributed by atoms with Crippen molar-refractivity contribution in [2.24, 2.45) is 0 Å². The Labute approximate surface area is 82.3 Å². The Kier molecular flexibility index (Phi) is 7.45. The molecule has 80 valence electrons. The van der Waals surface area contributed by atoms with Gasteiger partial charge in [-0.1, -0.05) is 13.8 Å². The molecule has 0 aromatic carbocycles. The third-order valence-electron chi connectivity index (χ3n) is 1.50. The first-order valence-corrected chi connectivity index (χ1v) is 5.71. The first-order chi connectivity index (χ1) is 6.02. The van der Waals surface area contributed by atoms with Gasteiger partial charge in [0.1, 0.15) is 5.94 Å². The van der Waals surface area contributed by atoms with Gasteiger partial charge in [0, 0.05) is 18.7 Å². The summed E-state index contributed by atoms with van der Waals surface area (Å²) in [5, 5.41) is 3.31. The van der Waals surface area contributed by atoms with Gasteiger partial charge in [0.15, 0.2) is 11.1 Å². The lowest BCUT2D eigenvalue weighted by molar-refractivity contribution is 0.162. The first-order valence-electron chi connectivity index (χ1n) is 4.43. The average molecular weight is 209 g/mol. The number of nitrogens with one attached hydrogen (secondary N) is 1. The van der Waals surface area contributed by atoms with E-state index in [1.165, 1.54) is 0 Å². The lowest BCUT2D eigenvalue weighted by atomic mass is 10.2. The zero-order valence-electron chi connectivity index (χ0n) is 8.45. The average Bonchev–Trinajstić information content (AvgIpc) is 1.96. The summed E-state index contributed by atoms with van der Waals surface area (Å²) in [7, 11) is 0. The maximum absolute atomic E-state index is 10.2. The lowest BCUT2D eigenvalue weighted by Gasteiger charge is -2.16. The summed E-state index contributed by atoms with van der Waals surface area (Å²) in [6.45, 7) is 6.76. The summed E-state index contributed by atoms with van der Waals surface area (Å²) in [6.07, 6.45) is 0.857. The Bertz CT molecular complexity index is 152. The van der Waals surface area contributed by atoms with Crippen molar-refractivity contribution in [3.05, 3.63) is 0 Å². The van der Waals surface area contributed by atoms with Crippen molar-refractivity contribution < 1.29 is 13.5 Å². The quantitative estimate of drug-likeness (QED) is 0.484. The largest absolute Gasteiger partial charge is 0.366 e. The highest BCUT2D eigenvalue weighted by atomic mass is 32.2. The Balaban J connectivity index is 3.26. The zero-order valence-corrected chi connectivity index (χ0v) is 9.26. The molecule has 0 heterocycles. The second-order valence-electron chi connectivity index (χ2n) is 3.36. The Morgan fingerprint density at radius 2 is 2.08 bits per heavy atom. The summed E-state index contributed by atoms with van der Waals surface area (Å²) in [4.78, 5) is 0. The molecule has 0 aromatic heterocycles. The van der Waals surface area contributed by atoms with Gasteiger partial charge in [0.05, 0.1) is 0 Å². The van der Waals surface area contributed by atoms with E-state index >= 15 is 0 Å². The van der Waals surface area contributed by atoms with Gasteiger partial charge in [-0.25, -0.2) is 4.21 Å². The van der Waals surface area contributed by atoms with Crippen molar-refractivity contribution in [1.82, 2.24) is 5.32 Å². The van der Waals surface area contributed by atoms with Crippen molar-refractivity contribution in [1.29, 1.82) is 0 Å². The van der Waals surface area contributed by atoms with Crippen molar-refractivity contribution in [3.63, 3.8) is 0 Å². The fourth-order valence-corrected chi connectivity index (χ4v) is 1.30. The standard InChI is InChI=1S/C8H19NO3S/c1-7(2)9-8(3)4-5-12-6-13(10)11/h7-9H,4-6H2,1-3H3,(H,10,11). The van der Waals surface area contributed by atoms with Crippen LogP contribution in [0.15, 0.2) is 0 Å². The van der Waals surface area contributed by atoms with Gasteiger partial charge in [0.2, 0.25) is 0 Å². The molecule has 0 bridgehead atoms. The smallest absolute Gasteiger partial charge is 0.179 e. The molecule has 2 unspecified atom stereocenters. The van der Waals surface area contributed by atoms with Crippen LogP contribution in [0.2, 0.25) is 0 Å². The van der Waals surface area contributed by atoms with Gasteiger partial charge in [-0.05, 0) is 13.3 Å². The van der Waals surface area contributed by atoms with E-state index in [4.69, 9.17) is 9.29 Å². The first kappa shape index (κ1) is 13.0. The molecule has 0 radical (unpaired) electrons. The minimum atomic E-state index is -1.83. The number of ether oxygens (including phenoxy) is 1. The molecule has 0 aliphatic heterocycles. The van der Waals surface area contributed by atoms with Crippen LogP contribution in [0.3, 0.4) is 0 Å². The van der Waals surface area contributed by atoms with E-state index in [1.807, 2.05) is 0 Å². The van der Waals surface area contributed by atoms with Gasteiger partial charge in [-0.3, -0.25) is 0 Å². The van der Waals surface area contributed by atoms with Gasteiger partial charge < -0.3 is 14.6 Å². The highest BCUT2D eigenvalue weighted by Gasteiger charge is 2.03. The molecule has 0 aliphatic carbocycles. The maximum Gasteiger partial charge on any atom is 0.179 e. The van der Waals surface area contributed by atoms with Crippen molar-refractivity contribution in [3.8, 4) is 0 Å². The van der Waals surface area contributed by atoms with E-state index in [9.17, 15) is 4.21 Å². The molecule has 0 spiro atoms. The summed E-state index contributed by atoms with van der Waals surface area (Å²) in [5.74, 6) is -0.0889. The van der Waals surface area contributed by atoms with Crippen LogP contribution in [0.5, 0.6) is 0 Å². The van der Waals surface area contributed by atoms with Crippen LogP contribution < -0.4 is 5.32 Å². The minimum Gasteiger partial charge on any atom is -0.366 e. The zero-order chi connectivity index (χ0) is 10.3. The molecule has 0 fully saturated rings. The van der Waals surface area contributed by atoms with Crippen LogP contribution >= 0.6 is 0 Å². The van der Waals surface area contributed by atoms with E-state index < -0.39 is 11.1 Å². The Morgan fingerprint density at radius 1 is 1.46 bits per heavy atom. The van der Waals surface area contributed by atoms with Crippen LogP contribution in [0.25, 0.3) is 0 Å². The van der Waals surface area contributed by atoms with E-state index in [-0.39, 0.29) is 5.94 Å². The molecule has 13 heavy (non-hydrogen) atoms. The van der Waals surface area contributed by atoms with E-state index in [0.717, 1.165) is 6.42 Å². The van der Waals surface area contributed by atoms with Crippen molar-refractivity contribution in [2.45, 2.75) is 39.3 Å². The minimum absolute atomic E-state index is 0.0889. The molecule has 2 N–H and O–H groups in total. The maximum atomic E-state index is 10.2. The Morgan fingerprint density at radius 3 is 2.54 bits per heavy atom. The van der Waals surface area contributed by atoms with E-state index in [0.29, 0.717) is 18.7 Å². The second-order valence-corrected chi connectivity index (χ2v) is 4.24. The van der Waals surface area contributed by atoms with Crippen LogP contribution in [0.4, 0.5) is 0 Å². The number of rotatable bonds is 7. The Hall–Kier alpha value is 0.0300. The summed E-state index contributed by atoms with van der Waals surface area (Å²) < 4.78 is 23.5. The summed E-state index contributed by atoms with van der Waals surface area (Å²) >= 11 is -1.83. The summed E-state index contributed by atoms with van der Waals surface area (Å²) in [5.41, 5.74) is 0. The van der Waals surface area contributed by atoms with Crippen LogP contribution in [0, 0.1) is 0 Å². The molecular weight excluding hydrogens is 190 g/mol. The van der Waals surface area contributed by atoms with Crippen LogP contribution in [-0.4, -0.2) is 33.4 Å². The number of hydrogen-bond donors (Lipinski definition) is 2. The van der Waals surface area contributed by atoms with Crippen molar-refractivity contribution in [2.75, 3.05) is 12.5 Å². The normalized spacial score (nSPS) is 16.1. The second kappa shape index (κ2) is 7.44. The highest BCUT2D eigenvalue weighted by molar-refractivity contribution is 7.79. The van der Waals surface area contributed by atoms with Gasteiger partial charge in [-0.2, -0.15) is 0 Å². The molecule has 0 saturated heterocycles. The molecule has 0 aromatic rings. The van der Waals surface area contributed by atoms with E-state index in [1.54, 1.807) is 0 Å². The SMILES string of the molecule is CC(C)NC(C)CCOCS(=O)O. The predicted molar refractivity (Wildman–Crippen MR) is 53.9 cm³/mol. The van der Waals surface area contributed by atoms with Crippen LogP contribution in [-0.2, 0) is 15.8 Å². The van der Waals surface area contributed by atoms with Crippen molar-refractivity contribution >= 4 is 11.1 Å². The fraction of sp³-hybridized carbons (Fsp3) is 1.00. The number of hydrogen-bond acceptors (Lipinski definition) is 3. The fourth-order valence-electron chi connectivity index (χ4n) is 1.04. The molecule has 5 heteroatoms.